The van der Waals surface area contributed by atoms with E-state index in [9.17, 15) is 4.57 Å². The first-order valence-corrected chi connectivity index (χ1v) is 12.7. The van der Waals surface area contributed by atoms with Crippen molar-refractivity contribution in [1.29, 1.82) is 0 Å². The van der Waals surface area contributed by atoms with Gasteiger partial charge in [-0.25, -0.2) is 4.57 Å². The van der Waals surface area contributed by atoms with Gasteiger partial charge in [-0.1, -0.05) is 70.7 Å². The molecular formula is C22H17Cl4N2O2P. The molecule has 0 aliphatic carbocycles. The summed E-state index contributed by atoms with van der Waals surface area (Å²) in [5, 5.41) is 1.45. The maximum absolute atomic E-state index is 14.6. The van der Waals surface area contributed by atoms with Crippen LogP contribution in [0.25, 0.3) is 0 Å². The van der Waals surface area contributed by atoms with E-state index < -0.39 is 7.67 Å². The van der Waals surface area contributed by atoms with E-state index >= 15 is 0 Å². The molecule has 5 rings (SSSR count). The topological polar surface area (TPSA) is 32.8 Å². The van der Waals surface area contributed by atoms with Crippen LogP contribution in [0.2, 0.25) is 20.1 Å². The average molecular weight is 514 g/mol. The molecule has 2 aliphatic heterocycles. The lowest BCUT2D eigenvalue weighted by atomic mass is 9.89. The number of anilines is 1. The summed E-state index contributed by atoms with van der Waals surface area (Å²) in [5.74, 6) is 0.223. The average Bonchev–Trinajstić information content (AvgIpc) is 2.75. The van der Waals surface area contributed by atoms with E-state index in [4.69, 9.17) is 50.9 Å². The summed E-state index contributed by atoms with van der Waals surface area (Å²) in [4.78, 5) is 0. The van der Waals surface area contributed by atoms with Crippen LogP contribution < -0.4 is 9.19 Å². The van der Waals surface area contributed by atoms with Gasteiger partial charge in [-0.2, -0.15) is 4.67 Å². The number of hydrogen-bond donors (Lipinski definition) is 0. The Balaban J connectivity index is 1.70. The Morgan fingerprint density at radius 3 is 2.48 bits per heavy atom. The Labute approximate surface area is 200 Å². The summed E-state index contributed by atoms with van der Waals surface area (Å²) in [6.45, 7) is 0.550. The minimum absolute atomic E-state index is 0.223. The highest BCUT2D eigenvalue weighted by molar-refractivity contribution is 7.58. The molecule has 0 saturated heterocycles. The lowest BCUT2D eigenvalue weighted by Crippen LogP contribution is -2.43. The lowest BCUT2D eigenvalue weighted by molar-refractivity contribution is 0.292. The zero-order valence-electron chi connectivity index (χ0n) is 16.4. The third-order valence-electron chi connectivity index (χ3n) is 5.79. The largest absolute Gasteiger partial charge is 0.423 e. The number of fused-ring (bicyclic) bond motifs is 5. The molecule has 2 unspecified atom stereocenters. The fourth-order valence-electron chi connectivity index (χ4n) is 4.32. The van der Waals surface area contributed by atoms with Gasteiger partial charge < -0.3 is 4.52 Å². The Morgan fingerprint density at radius 1 is 0.935 bits per heavy atom. The fourth-order valence-corrected chi connectivity index (χ4v) is 7.45. The van der Waals surface area contributed by atoms with E-state index in [1.54, 1.807) is 17.8 Å². The van der Waals surface area contributed by atoms with Gasteiger partial charge >= 0.3 is 7.67 Å². The van der Waals surface area contributed by atoms with Gasteiger partial charge in [0.25, 0.3) is 0 Å². The highest BCUT2D eigenvalue weighted by atomic mass is 35.5. The van der Waals surface area contributed by atoms with E-state index in [0.29, 0.717) is 16.6 Å². The van der Waals surface area contributed by atoms with Crippen molar-refractivity contribution in [2.75, 3.05) is 18.3 Å². The second-order valence-corrected chi connectivity index (χ2v) is 11.5. The summed E-state index contributed by atoms with van der Waals surface area (Å²) in [6, 6.07) is 16.5. The molecule has 4 nitrogen and oxygen atoms in total. The highest BCUT2D eigenvalue weighted by Gasteiger charge is 2.51. The Hall–Kier alpha value is -1.39. The summed E-state index contributed by atoms with van der Waals surface area (Å²) in [5.41, 5.74) is 4.09. The van der Waals surface area contributed by atoms with Gasteiger partial charge in [0, 0.05) is 24.7 Å². The molecule has 0 spiro atoms. The molecule has 0 amide bonds. The van der Waals surface area contributed by atoms with E-state index in [2.05, 4.69) is 12.1 Å². The molecule has 2 heterocycles. The number of hydrogen-bond acceptors (Lipinski definition) is 2. The molecule has 0 fully saturated rings. The highest BCUT2D eigenvalue weighted by Crippen LogP contribution is 2.65. The number of rotatable bonds is 2. The van der Waals surface area contributed by atoms with E-state index in [1.807, 2.05) is 28.9 Å². The molecule has 3 aromatic carbocycles. The van der Waals surface area contributed by atoms with Crippen molar-refractivity contribution in [3.8, 4) is 5.75 Å². The van der Waals surface area contributed by atoms with Gasteiger partial charge in [-0.15, -0.1) is 0 Å². The monoisotopic (exact) mass is 512 g/mol. The molecule has 9 heteroatoms. The standard InChI is InChI=1S/C22H17Cl4N2O2P/c1-27-20-7-6-14(23)10-16(20)22-15-5-3-2-4-13(15)8-9-28(22)31(27,29)30-21-12-18(25)17(24)11-19(21)26/h2-7,10-12,22H,8-9H2,1H3. The van der Waals surface area contributed by atoms with Crippen molar-refractivity contribution < 1.29 is 9.09 Å². The van der Waals surface area contributed by atoms with Gasteiger partial charge in [0.15, 0.2) is 0 Å². The molecule has 0 radical (unpaired) electrons. The van der Waals surface area contributed by atoms with Crippen LogP contribution in [0.1, 0.15) is 22.7 Å². The Kier molecular flexibility index (Phi) is 5.45. The third kappa shape index (κ3) is 3.45. The van der Waals surface area contributed by atoms with E-state index in [-0.39, 0.29) is 21.8 Å². The summed E-state index contributed by atoms with van der Waals surface area (Å²) < 4.78 is 24.4. The minimum atomic E-state index is -3.59. The quantitative estimate of drug-likeness (QED) is 0.257. The second-order valence-electron chi connectivity index (χ2n) is 7.52. The van der Waals surface area contributed by atoms with Gasteiger partial charge in [-0.3, -0.25) is 4.67 Å². The summed E-state index contributed by atoms with van der Waals surface area (Å²) in [6.07, 6.45) is 0.749. The number of benzene rings is 3. The smallest absolute Gasteiger partial charge is 0.416 e. The number of halogens is 4. The van der Waals surface area contributed by atoms with Gasteiger partial charge in [0.05, 0.1) is 26.8 Å². The van der Waals surface area contributed by atoms with Crippen LogP contribution in [0, 0.1) is 0 Å². The first kappa shape index (κ1) is 21.5. The molecule has 2 aliphatic rings. The number of nitrogens with zero attached hydrogens (tertiary/aromatic N) is 2. The van der Waals surface area contributed by atoms with Gasteiger partial charge in [-0.05, 0) is 47.4 Å². The molecule has 0 bridgehead atoms. The zero-order valence-corrected chi connectivity index (χ0v) is 20.3. The van der Waals surface area contributed by atoms with Crippen LogP contribution in [-0.2, 0) is 11.0 Å². The van der Waals surface area contributed by atoms with Crippen LogP contribution in [0.15, 0.2) is 54.6 Å². The Morgan fingerprint density at radius 2 is 1.68 bits per heavy atom. The zero-order chi connectivity index (χ0) is 21.9. The van der Waals surface area contributed by atoms with Gasteiger partial charge in [0.2, 0.25) is 0 Å². The van der Waals surface area contributed by atoms with Crippen LogP contribution in [0.4, 0.5) is 5.69 Å². The molecular weight excluding hydrogens is 497 g/mol. The van der Waals surface area contributed by atoms with Crippen molar-refractivity contribution in [3.05, 3.63) is 91.4 Å². The molecule has 0 saturated carbocycles. The van der Waals surface area contributed by atoms with Crippen molar-refractivity contribution in [2.45, 2.75) is 12.5 Å². The third-order valence-corrected chi connectivity index (χ3v) is 9.53. The van der Waals surface area contributed by atoms with Crippen LogP contribution >= 0.6 is 54.1 Å². The normalized spacial score (nSPS) is 22.5. The van der Waals surface area contributed by atoms with Crippen molar-refractivity contribution in [2.24, 2.45) is 0 Å². The van der Waals surface area contributed by atoms with Crippen molar-refractivity contribution in [1.82, 2.24) is 4.67 Å². The maximum Gasteiger partial charge on any atom is 0.423 e. The first-order chi connectivity index (χ1) is 14.8. The lowest BCUT2D eigenvalue weighted by Gasteiger charge is -2.49. The molecule has 0 aromatic heterocycles. The maximum atomic E-state index is 14.6. The Bertz CT molecular complexity index is 1250. The van der Waals surface area contributed by atoms with E-state index in [1.165, 1.54) is 17.7 Å². The fraction of sp³-hybridized carbons (Fsp3) is 0.182. The van der Waals surface area contributed by atoms with Crippen molar-refractivity contribution >= 4 is 59.8 Å². The predicted octanol–water partition coefficient (Wildman–Crippen LogP) is 7.88. The molecule has 2 atom stereocenters. The first-order valence-electron chi connectivity index (χ1n) is 9.62. The SMILES string of the molecule is CN1c2ccc(Cl)cc2C2c3ccccc3CCN2P1(=O)Oc1cc(Cl)c(Cl)cc1Cl. The molecule has 0 N–H and O–H groups in total. The second kappa shape index (κ2) is 7.88. The summed E-state index contributed by atoms with van der Waals surface area (Å²) in [7, 11) is -1.83. The van der Waals surface area contributed by atoms with Crippen LogP contribution in [0.5, 0.6) is 5.75 Å². The molecule has 3 aromatic rings. The predicted molar refractivity (Wildman–Crippen MR) is 128 cm³/mol. The minimum Gasteiger partial charge on any atom is -0.416 e. The van der Waals surface area contributed by atoms with Crippen LogP contribution in [0.3, 0.4) is 0 Å². The van der Waals surface area contributed by atoms with Crippen LogP contribution in [-0.4, -0.2) is 18.3 Å². The molecule has 31 heavy (non-hydrogen) atoms. The van der Waals surface area contributed by atoms with Crippen molar-refractivity contribution in [3.63, 3.8) is 0 Å². The molecule has 160 valence electrons. The van der Waals surface area contributed by atoms with E-state index in [0.717, 1.165) is 23.2 Å². The van der Waals surface area contributed by atoms with Gasteiger partial charge in [0.1, 0.15) is 5.75 Å². The summed E-state index contributed by atoms with van der Waals surface area (Å²) >= 11 is 25.0.